The summed E-state index contributed by atoms with van der Waals surface area (Å²) in [6.45, 7) is 2.97. The van der Waals surface area contributed by atoms with Crippen molar-refractivity contribution in [2.24, 2.45) is 0 Å². The predicted molar refractivity (Wildman–Crippen MR) is 93.4 cm³/mol. The molecule has 2 aromatic rings. The van der Waals surface area contributed by atoms with Crippen molar-refractivity contribution in [3.05, 3.63) is 54.1 Å². The number of benzene rings is 2. The monoisotopic (exact) mass is 331 g/mol. The van der Waals surface area contributed by atoms with Crippen LogP contribution in [0, 0.1) is 6.92 Å². The fourth-order valence-electron chi connectivity index (χ4n) is 1.94. The molecule has 0 unspecified atom stereocenters. The number of rotatable bonds is 8. The van der Waals surface area contributed by atoms with Crippen LogP contribution in [0.5, 0.6) is 11.5 Å². The first kappa shape index (κ1) is 17.2. The number of carbonyl (C=O) groups excluding carboxylic acids is 1. The van der Waals surface area contributed by atoms with Crippen LogP contribution in [0.15, 0.2) is 53.4 Å². The van der Waals surface area contributed by atoms with Gasteiger partial charge in [0.15, 0.2) is 0 Å². The molecule has 0 aromatic heterocycles. The molecule has 0 saturated carbocycles. The van der Waals surface area contributed by atoms with E-state index in [4.69, 9.17) is 9.47 Å². The molecule has 2 rings (SSSR count). The van der Waals surface area contributed by atoms with Crippen molar-refractivity contribution in [2.45, 2.75) is 11.8 Å². The minimum atomic E-state index is 0.0107. The number of amides is 1. The summed E-state index contributed by atoms with van der Waals surface area (Å²) in [5.41, 5.74) is 1.19. The fourth-order valence-corrected chi connectivity index (χ4v) is 2.80. The predicted octanol–water partition coefficient (Wildman–Crippen LogP) is 3.29. The van der Waals surface area contributed by atoms with Gasteiger partial charge in [0.05, 0.1) is 19.4 Å². The Balaban J connectivity index is 1.63. The number of ether oxygens (including phenoxy) is 2. The Morgan fingerprint density at radius 2 is 1.78 bits per heavy atom. The smallest absolute Gasteiger partial charge is 0.230 e. The van der Waals surface area contributed by atoms with Gasteiger partial charge in [0.25, 0.3) is 0 Å². The maximum absolute atomic E-state index is 11.8. The van der Waals surface area contributed by atoms with E-state index in [0.717, 1.165) is 16.4 Å². The molecular formula is C18H21NO3S. The lowest BCUT2D eigenvalue weighted by atomic mass is 10.2. The molecule has 0 spiro atoms. The van der Waals surface area contributed by atoms with Gasteiger partial charge >= 0.3 is 0 Å². The number of nitrogens with one attached hydrogen (secondary N) is 1. The van der Waals surface area contributed by atoms with Crippen molar-refractivity contribution in [1.29, 1.82) is 0 Å². The van der Waals surface area contributed by atoms with Crippen molar-refractivity contribution in [1.82, 2.24) is 5.32 Å². The van der Waals surface area contributed by atoms with Gasteiger partial charge in [-0.25, -0.2) is 0 Å². The van der Waals surface area contributed by atoms with Gasteiger partial charge in [-0.2, -0.15) is 0 Å². The molecule has 1 amide bonds. The van der Waals surface area contributed by atoms with Gasteiger partial charge in [-0.15, -0.1) is 11.8 Å². The van der Waals surface area contributed by atoms with E-state index in [2.05, 4.69) is 5.32 Å². The van der Waals surface area contributed by atoms with Gasteiger partial charge in [-0.3, -0.25) is 4.79 Å². The summed E-state index contributed by atoms with van der Waals surface area (Å²) in [4.78, 5) is 13.0. The van der Waals surface area contributed by atoms with Gasteiger partial charge in [0.1, 0.15) is 18.1 Å². The Kier molecular flexibility index (Phi) is 6.81. The summed E-state index contributed by atoms with van der Waals surface area (Å²) in [6, 6.07) is 15.4. The van der Waals surface area contributed by atoms with E-state index in [1.165, 1.54) is 5.56 Å². The first-order valence-corrected chi connectivity index (χ1v) is 8.39. The molecule has 0 saturated heterocycles. The first-order chi connectivity index (χ1) is 11.2. The van der Waals surface area contributed by atoms with E-state index in [0.29, 0.717) is 18.9 Å². The van der Waals surface area contributed by atoms with Crippen LogP contribution in [0.3, 0.4) is 0 Å². The van der Waals surface area contributed by atoms with E-state index >= 15 is 0 Å². The molecule has 0 bridgehead atoms. The van der Waals surface area contributed by atoms with E-state index in [1.807, 2.05) is 55.5 Å². The van der Waals surface area contributed by atoms with Crippen molar-refractivity contribution in [3.63, 3.8) is 0 Å². The Hall–Kier alpha value is -2.14. The number of hydrogen-bond acceptors (Lipinski definition) is 4. The lowest BCUT2D eigenvalue weighted by Crippen LogP contribution is -2.29. The minimum absolute atomic E-state index is 0.0107. The third-order valence-corrected chi connectivity index (χ3v) is 4.38. The molecule has 0 aliphatic rings. The van der Waals surface area contributed by atoms with Gasteiger partial charge in [-0.1, -0.05) is 18.2 Å². The summed E-state index contributed by atoms with van der Waals surface area (Å²) < 4.78 is 10.6. The summed E-state index contributed by atoms with van der Waals surface area (Å²) in [5.74, 6) is 1.97. The Morgan fingerprint density at radius 1 is 1.09 bits per heavy atom. The summed E-state index contributed by atoms with van der Waals surface area (Å²) in [6.07, 6.45) is 0. The van der Waals surface area contributed by atoms with Crippen LogP contribution in [0.25, 0.3) is 0 Å². The molecule has 2 aromatic carbocycles. The molecule has 0 heterocycles. The second kappa shape index (κ2) is 9.10. The van der Waals surface area contributed by atoms with Gasteiger partial charge < -0.3 is 14.8 Å². The summed E-state index contributed by atoms with van der Waals surface area (Å²) in [5, 5.41) is 2.86. The third-order valence-electron chi connectivity index (χ3n) is 3.20. The zero-order valence-corrected chi connectivity index (χ0v) is 14.2. The average Bonchev–Trinajstić information content (AvgIpc) is 2.58. The Morgan fingerprint density at radius 3 is 2.48 bits per heavy atom. The highest BCUT2D eigenvalue weighted by Crippen LogP contribution is 2.21. The highest BCUT2D eigenvalue weighted by Gasteiger charge is 2.04. The minimum Gasteiger partial charge on any atom is -0.497 e. The number of methoxy groups -OCH3 is 1. The molecule has 0 aliphatic heterocycles. The lowest BCUT2D eigenvalue weighted by molar-refractivity contribution is -0.118. The molecule has 0 fully saturated rings. The van der Waals surface area contributed by atoms with E-state index in [-0.39, 0.29) is 5.91 Å². The average molecular weight is 331 g/mol. The van der Waals surface area contributed by atoms with Crippen molar-refractivity contribution < 1.29 is 14.3 Å². The summed E-state index contributed by atoms with van der Waals surface area (Å²) >= 11 is 1.55. The molecule has 23 heavy (non-hydrogen) atoms. The molecule has 0 atom stereocenters. The van der Waals surface area contributed by atoms with E-state index in [9.17, 15) is 4.79 Å². The fraction of sp³-hybridized carbons (Fsp3) is 0.278. The van der Waals surface area contributed by atoms with Crippen molar-refractivity contribution >= 4 is 17.7 Å². The highest BCUT2D eigenvalue weighted by molar-refractivity contribution is 8.00. The van der Waals surface area contributed by atoms with Crippen LogP contribution in [0.4, 0.5) is 0 Å². The van der Waals surface area contributed by atoms with Crippen LogP contribution in [-0.2, 0) is 4.79 Å². The second-order valence-corrected chi connectivity index (χ2v) is 5.95. The molecule has 1 N–H and O–H groups in total. The largest absolute Gasteiger partial charge is 0.497 e. The second-order valence-electron chi connectivity index (χ2n) is 4.93. The van der Waals surface area contributed by atoms with E-state index < -0.39 is 0 Å². The van der Waals surface area contributed by atoms with Crippen LogP contribution in [-0.4, -0.2) is 31.9 Å². The molecule has 122 valence electrons. The van der Waals surface area contributed by atoms with Crippen molar-refractivity contribution in [2.75, 3.05) is 26.0 Å². The maximum atomic E-state index is 11.8. The van der Waals surface area contributed by atoms with Crippen LogP contribution < -0.4 is 14.8 Å². The molecule has 4 nitrogen and oxygen atoms in total. The highest BCUT2D eigenvalue weighted by atomic mass is 32.2. The summed E-state index contributed by atoms with van der Waals surface area (Å²) in [7, 11) is 1.63. The molecule has 5 heteroatoms. The Bertz CT molecular complexity index is 628. The standard InChI is InChI=1S/C18H21NO3S/c1-14-5-3-4-6-17(14)23-13-18(20)19-11-12-22-16-9-7-15(21-2)8-10-16/h3-10H,11-13H2,1-2H3,(H,19,20). The zero-order chi connectivity index (χ0) is 16.5. The van der Waals surface area contributed by atoms with Crippen molar-refractivity contribution in [3.8, 4) is 11.5 Å². The van der Waals surface area contributed by atoms with Gasteiger partial charge in [-0.05, 0) is 42.8 Å². The SMILES string of the molecule is COc1ccc(OCCNC(=O)CSc2ccccc2C)cc1. The third kappa shape index (κ3) is 5.87. The lowest BCUT2D eigenvalue weighted by Gasteiger charge is -2.09. The number of carbonyl (C=O) groups is 1. The zero-order valence-electron chi connectivity index (χ0n) is 13.4. The Labute approximate surface area is 141 Å². The maximum Gasteiger partial charge on any atom is 0.230 e. The molecule has 0 aliphatic carbocycles. The number of hydrogen-bond donors (Lipinski definition) is 1. The molecular weight excluding hydrogens is 310 g/mol. The topological polar surface area (TPSA) is 47.6 Å². The molecule has 0 radical (unpaired) electrons. The van der Waals surface area contributed by atoms with Crippen LogP contribution in [0.1, 0.15) is 5.56 Å². The first-order valence-electron chi connectivity index (χ1n) is 7.41. The quantitative estimate of drug-likeness (QED) is 0.596. The van der Waals surface area contributed by atoms with Crippen LogP contribution >= 0.6 is 11.8 Å². The normalized spacial score (nSPS) is 10.2. The number of aryl methyl sites for hydroxylation is 1. The van der Waals surface area contributed by atoms with Gasteiger partial charge in [0, 0.05) is 4.90 Å². The van der Waals surface area contributed by atoms with Gasteiger partial charge in [0.2, 0.25) is 5.91 Å². The number of thioether (sulfide) groups is 1. The van der Waals surface area contributed by atoms with Crippen LogP contribution in [0.2, 0.25) is 0 Å². The van der Waals surface area contributed by atoms with E-state index in [1.54, 1.807) is 18.9 Å².